The summed E-state index contributed by atoms with van der Waals surface area (Å²) in [5.74, 6) is 2.16. The van der Waals surface area contributed by atoms with Gasteiger partial charge in [-0.1, -0.05) is 0 Å². The number of benzene rings is 1. The summed E-state index contributed by atoms with van der Waals surface area (Å²) < 4.78 is 16.4. The molecule has 0 aliphatic carbocycles. The molecular weight excluding hydrogens is 326 g/mol. The summed E-state index contributed by atoms with van der Waals surface area (Å²) in [6, 6.07) is 5.23. The first kappa shape index (κ1) is 16.4. The number of nitrogens with zero attached hydrogens (tertiary/aromatic N) is 1. The highest BCUT2D eigenvalue weighted by Gasteiger charge is 2.34. The number of β-amino-alcohol motifs (C(OH)–C–C–N with tert-alkyl or cyclic N) is 1. The molecule has 0 saturated carbocycles. The third kappa shape index (κ3) is 3.65. The van der Waals surface area contributed by atoms with Gasteiger partial charge in [0.1, 0.15) is 18.4 Å². The molecule has 1 aromatic carbocycles. The van der Waals surface area contributed by atoms with Crippen LogP contribution in [0.5, 0.6) is 17.2 Å². The van der Waals surface area contributed by atoms with E-state index in [4.69, 9.17) is 14.2 Å². The molecule has 136 valence electrons. The van der Waals surface area contributed by atoms with Gasteiger partial charge in [-0.15, -0.1) is 0 Å². The number of hydrazine groups is 1. The molecule has 1 amide bonds. The molecule has 3 unspecified atom stereocenters. The number of likely N-dealkylation sites (tertiary alicyclic amines) is 1. The quantitative estimate of drug-likeness (QED) is 0.705. The number of rotatable bonds is 4. The Morgan fingerprint density at radius 2 is 2.20 bits per heavy atom. The van der Waals surface area contributed by atoms with Gasteiger partial charge in [-0.05, 0) is 31.4 Å². The van der Waals surface area contributed by atoms with Crippen molar-refractivity contribution >= 4 is 5.91 Å². The van der Waals surface area contributed by atoms with E-state index in [0.717, 1.165) is 18.6 Å². The van der Waals surface area contributed by atoms with Crippen molar-refractivity contribution in [2.75, 3.05) is 26.5 Å². The van der Waals surface area contributed by atoms with Crippen molar-refractivity contribution in [1.82, 2.24) is 15.8 Å². The van der Waals surface area contributed by atoms with Gasteiger partial charge in [0, 0.05) is 19.2 Å². The third-order valence-corrected chi connectivity index (χ3v) is 4.78. The molecule has 0 radical (unpaired) electrons. The second kappa shape index (κ2) is 7.07. The molecule has 25 heavy (non-hydrogen) atoms. The molecule has 1 aromatic rings. The minimum Gasteiger partial charge on any atom is -0.492 e. The Hall–Kier alpha value is -2.03. The van der Waals surface area contributed by atoms with Crippen molar-refractivity contribution in [2.45, 2.75) is 37.5 Å². The van der Waals surface area contributed by atoms with E-state index in [0.29, 0.717) is 37.6 Å². The van der Waals surface area contributed by atoms with Crippen LogP contribution in [0.15, 0.2) is 18.2 Å². The second-order valence-corrected chi connectivity index (χ2v) is 6.68. The Morgan fingerprint density at radius 3 is 3.08 bits per heavy atom. The normalized spacial score (nSPS) is 28.2. The van der Waals surface area contributed by atoms with E-state index in [-0.39, 0.29) is 24.8 Å². The zero-order valence-corrected chi connectivity index (χ0v) is 13.9. The number of fused-ring (bicyclic) bond motifs is 1. The van der Waals surface area contributed by atoms with Gasteiger partial charge < -0.3 is 24.2 Å². The van der Waals surface area contributed by atoms with E-state index in [1.807, 2.05) is 18.2 Å². The molecule has 3 N–H and O–H groups in total. The van der Waals surface area contributed by atoms with Crippen LogP contribution in [0.4, 0.5) is 0 Å². The molecule has 3 aliphatic heterocycles. The van der Waals surface area contributed by atoms with Crippen LogP contribution in [-0.2, 0) is 4.79 Å². The summed E-state index contributed by atoms with van der Waals surface area (Å²) in [5, 5.41) is 9.73. The number of hydrogen-bond donors (Lipinski definition) is 3. The zero-order valence-electron chi connectivity index (χ0n) is 13.9. The lowest BCUT2D eigenvalue weighted by molar-refractivity contribution is -0.136. The van der Waals surface area contributed by atoms with Gasteiger partial charge in [0.25, 0.3) is 0 Å². The average molecular weight is 349 g/mol. The van der Waals surface area contributed by atoms with Gasteiger partial charge >= 0.3 is 0 Å². The van der Waals surface area contributed by atoms with E-state index in [9.17, 15) is 9.90 Å². The summed E-state index contributed by atoms with van der Waals surface area (Å²) in [4.78, 5) is 14.3. The Bertz CT molecular complexity index is 641. The predicted molar refractivity (Wildman–Crippen MR) is 88.3 cm³/mol. The average Bonchev–Trinajstić information content (AvgIpc) is 3.28. The third-order valence-electron chi connectivity index (χ3n) is 4.78. The molecule has 8 heteroatoms. The fraction of sp³-hybridized carbons (Fsp3) is 0.588. The lowest BCUT2D eigenvalue weighted by Gasteiger charge is -2.31. The smallest absolute Gasteiger partial charge is 0.241 e. The lowest BCUT2D eigenvalue weighted by Crippen LogP contribution is -2.50. The molecule has 2 saturated heterocycles. The first-order chi connectivity index (χ1) is 12.2. The van der Waals surface area contributed by atoms with Gasteiger partial charge in [-0.25, -0.2) is 5.43 Å². The molecular formula is C17H23N3O5. The van der Waals surface area contributed by atoms with Crippen LogP contribution in [-0.4, -0.2) is 60.6 Å². The largest absolute Gasteiger partial charge is 0.492 e. The van der Waals surface area contributed by atoms with Crippen LogP contribution >= 0.6 is 0 Å². The number of amides is 1. The van der Waals surface area contributed by atoms with Crippen molar-refractivity contribution in [1.29, 1.82) is 0 Å². The predicted octanol–water partition coefficient (Wildman–Crippen LogP) is 0.0125. The van der Waals surface area contributed by atoms with Crippen molar-refractivity contribution < 1.29 is 24.1 Å². The highest BCUT2D eigenvalue weighted by Crippen LogP contribution is 2.35. The summed E-state index contributed by atoms with van der Waals surface area (Å²) in [7, 11) is 0. The van der Waals surface area contributed by atoms with Gasteiger partial charge in [-0.2, -0.15) is 0 Å². The highest BCUT2D eigenvalue weighted by molar-refractivity contribution is 5.82. The molecule has 0 spiro atoms. The number of piperidine rings is 1. The highest BCUT2D eigenvalue weighted by atomic mass is 16.7. The van der Waals surface area contributed by atoms with Crippen LogP contribution in [0.3, 0.4) is 0 Å². The maximum absolute atomic E-state index is 12.5. The molecule has 4 rings (SSSR count). The second-order valence-electron chi connectivity index (χ2n) is 6.68. The van der Waals surface area contributed by atoms with Crippen molar-refractivity contribution in [3.05, 3.63) is 18.2 Å². The Balaban J connectivity index is 1.27. The fourth-order valence-electron chi connectivity index (χ4n) is 3.43. The van der Waals surface area contributed by atoms with E-state index in [1.165, 1.54) is 0 Å². The number of hydrogen-bond acceptors (Lipinski definition) is 7. The summed E-state index contributed by atoms with van der Waals surface area (Å²) in [6.07, 6.45) is 1.86. The van der Waals surface area contributed by atoms with Gasteiger partial charge in [0.15, 0.2) is 11.5 Å². The van der Waals surface area contributed by atoms with Crippen molar-refractivity contribution in [3.63, 3.8) is 0 Å². The number of aliphatic hydroxyl groups excluding tert-OH is 1. The topological polar surface area (TPSA) is 92.3 Å². The monoisotopic (exact) mass is 349 g/mol. The maximum Gasteiger partial charge on any atom is 0.241 e. The Labute approximate surface area is 146 Å². The first-order valence-electron chi connectivity index (χ1n) is 8.69. The molecule has 0 bridgehead atoms. The van der Waals surface area contributed by atoms with E-state index in [2.05, 4.69) is 10.9 Å². The van der Waals surface area contributed by atoms with E-state index < -0.39 is 6.10 Å². The van der Waals surface area contributed by atoms with Crippen LogP contribution in [0.1, 0.15) is 19.3 Å². The summed E-state index contributed by atoms with van der Waals surface area (Å²) >= 11 is 0. The summed E-state index contributed by atoms with van der Waals surface area (Å²) in [6.45, 7) is 1.82. The number of carbonyl (C=O) groups excluding carboxylic acids is 1. The molecule has 2 fully saturated rings. The van der Waals surface area contributed by atoms with Crippen LogP contribution in [0.2, 0.25) is 0 Å². The Kier molecular flexibility index (Phi) is 4.65. The molecule has 3 atom stereocenters. The van der Waals surface area contributed by atoms with Crippen LogP contribution < -0.4 is 25.1 Å². The Morgan fingerprint density at radius 1 is 1.32 bits per heavy atom. The molecule has 3 aliphatic rings. The van der Waals surface area contributed by atoms with Crippen LogP contribution in [0, 0.1) is 0 Å². The minimum absolute atomic E-state index is 0.0362. The number of ether oxygens (including phenoxy) is 3. The van der Waals surface area contributed by atoms with E-state index >= 15 is 0 Å². The standard InChI is InChI=1S/C17H23N3O5/c21-12-2-1-5-20(8-12)17(22)14-6-11(18-19-14)9-23-13-3-4-15-16(7-13)25-10-24-15/h3-4,7,11-12,14,18-19,21H,1-2,5-6,8-10H2. The van der Waals surface area contributed by atoms with Gasteiger partial charge in [0.05, 0.1) is 12.1 Å². The number of aliphatic hydroxyl groups is 1. The number of nitrogens with one attached hydrogen (secondary N) is 2. The van der Waals surface area contributed by atoms with E-state index in [1.54, 1.807) is 4.90 Å². The fourth-order valence-corrected chi connectivity index (χ4v) is 3.43. The van der Waals surface area contributed by atoms with Crippen molar-refractivity contribution in [2.24, 2.45) is 0 Å². The van der Waals surface area contributed by atoms with Gasteiger partial charge in [-0.3, -0.25) is 10.2 Å². The van der Waals surface area contributed by atoms with Crippen LogP contribution in [0.25, 0.3) is 0 Å². The van der Waals surface area contributed by atoms with Gasteiger partial charge in [0.2, 0.25) is 12.7 Å². The maximum atomic E-state index is 12.5. The zero-order chi connectivity index (χ0) is 17.2. The minimum atomic E-state index is -0.405. The SMILES string of the molecule is O=C(C1CC(COc2ccc3c(c2)OCO3)NN1)N1CCCC(O)C1. The molecule has 3 heterocycles. The molecule has 0 aromatic heterocycles. The first-order valence-corrected chi connectivity index (χ1v) is 8.69. The molecule has 8 nitrogen and oxygen atoms in total. The summed E-state index contributed by atoms with van der Waals surface area (Å²) in [5.41, 5.74) is 6.17. The lowest BCUT2D eigenvalue weighted by atomic mass is 10.1. The number of carbonyl (C=O) groups is 1. The van der Waals surface area contributed by atoms with Crippen molar-refractivity contribution in [3.8, 4) is 17.2 Å².